The molecule has 0 fully saturated rings. The summed E-state index contributed by atoms with van der Waals surface area (Å²) in [7, 11) is 0. The van der Waals surface area contributed by atoms with Crippen molar-refractivity contribution in [3.8, 4) is 0 Å². The summed E-state index contributed by atoms with van der Waals surface area (Å²) in [6.45, 7) is 3.67. The number of benzene rings is 1. The van der Waals surface area contributed by atoms with Gasteiger partial charge in [-0.3, -0.25) is 10.1 Å². The number of allylic oxidation sites excluding steroid dienone is 1. The second-order valence-electron chi connectivity index (χ2n) is 4.17. The van der Waals surface area contributed by atoms with Gasteiger partial charge in [0.05, 0.1) is 10.5 Å². The van der Waals surface area contributed by atoms with Crippen LogP contribution in [0.3, 0.4) is 0 Å². The Labute approximate surface area is 86.4 Å². The summed E-state index contributed by atoms with van der Waals surface area (Å²) >= 11 is 0. The number of nitrogens with zero attached hydrogens (tertiary/aromatic N) is 1. The van der Waals surface area contributed by atoms with Crippen LogP contribution in [-0.4, -0.2) is 4.92 Å². The van der Waals surface area contributed by atoms with Crippen LogP contribution in [0, 0.1) is 15.9 Å². The highest BCUT2D eigenvalue weighted by Crippen LogP contribution is 2.41. The van der Waals surface area contributed by atoms with E-state index in [4.69, 9.17) is 0 Å². The van der Waals surface area contributed by atoms with Gasteiger partial charge >= 0.3 is 0 Å². The van der Waals surface area contributed by atoms with Gasteiger partial charge < -0.3 is 0 Å². The third-order valence-corrected chi connectivity index (χ3v) is 2.68. The van der Waals surface area contributed by atoms with Crippen molar-refractivity contribution in [2.75, 3.05) is 0 Å². The van der Waals surface area contributed by atoms with Crippen molar-refractivity contribution in [2.45, 2.75) is 19.3 Å². The number of nitro benzene ring substituents is 1. The Hall–Kier alpha value is -1.71. The van der Waals surface area contributed by atoms with E-state index in [-0.39, 0.29) is 11.5 Å². The lowest BCUT2D eigenvalue weighted by Crippen LogP contribution is -2.13. The predicted molar refractivity (Wildman–Crippen MR) is 55.1 cm³/mol. The summed E-state index contributed by atoms with van der Waals surface area (Å²) in [5, 5.41) is 10.7. The van der Waals surface area contributed by atoms with Gasteiger partial charge in [0.1, 0.15) is 5.82 Å². The Balaban J connectivity index is 2.75. The van der Waals surface area contributed by atoms with Crippen molar-refractivity contribution in [3.05, 3.63) is 45.3 Å². The summed E-state index contributed by atoms with van der Waals surface area (Å²) in [5.74, 6) is -0.384. The molecule has 0 radical (unpaired) electrons. The topological polar surface area (TPSA) is 43.1 Å². The van der Waals surface area contributed by atoms with Gasteiger partial charge in [-0.05, 0) is 6.07 Å². The molecule has 0 N–H and O–H groups in total. The molecule has 0 spiro atoms. The van der Waals surface area contributed by atoms with Gasteiger partial charge in [0.2, 0.25) is 0 Å². The lowest BCUT2D eigenvalue weighted by atomic mass is 9.86. The Kier molecular flexibility index (Phi) is 1.89. The molecule has 0 amide bonds. The molecule has 1 aliphatic carbocycles. The van der Waals surface area contributed by atoms with Crippen molar-refractivity contribution in [2.24, 2.45) is 0 Å². The highest BCUT2D eigenvalue weighted by atomic mass is 19.1. The Morgan fingerprint density at radius 3 is 2.67 bits per heavy atom. The van der Waals surface area contributed by atoms with E-state index in [0.29, 0.717) is 11.1 Å². The number of hydrogen-bond donors (Lipinski definition) is 0. The van der Waals surface area contributed by atoms with Crippen LogP contribution in [0.2, 0.25) is 0 Å². The molecule has 15 heavy (non-hydrogen) atoms. The predicted octanol–water partition coefficient (Wildman–Crippen LogP) is 3.04. The first-order chi connectivity index (χ1) is 6.93. The van der Waals surface area contributed by atoms with Crippen molar-refractivity contribution >= 4 is 11.8 Å². The Morgan fingerprint density at radius 1 is 1.40 bits per heavy atom. The molecule has 1 aromatic rings. The smallest absolute Gasteiger partial charge is 0.258 e. The monoisotopic (exact) mass is 207 g/mol. The lowest BCUT2D eigenvalue weighted by molar-refractivity contribution is -0.385. The van der Waals surface area contributed by atoms with E-state index in [1.54, 1.807) is 12.2 Å². The average Bonchev–Trinajstić information content (AvgIpc) is 2.43. The van der Waals surface area contributed by atoms with Crippen LogP contribution in [0.1, 0.15) is 25.0 Å². The summed E-state index contributed by atoms with van der Waals surface area (Å²) in [4.78, 5) is 10.3. The highest BCUT2D eigenvalue weighted by molar-refractivity contribution is 5.72. The molecule has 0 unspecified atom stereocenters. The normalized spacial score (nSPS) is 16.5. The fourth-order valence-corrected chi connectivity index (χ4v) is 1.94. The van der Waals surface area contributed by atoms with E-state index in [1.807, 2.05) is 13.8 Å². The average molecular weight is 207 g/mol. The van der Waals surface area contributed by atoms with Crippen LogP contribution < -0.4 is 0 Å². The standard InChI is InChI=1S/C11H10FNO2/c1-11(2)6-5-7-9(13(14)15)4-3-8(12)10(7)11/h3-6H,1-2H3. The van der Waals surface area contributed by atoms with Gasteiger partial charge in [-0.15, -0.1) is 0 Å². The van der Waals surface area contributed by atoms with Crippen LogP contribution in [0.15, 0.2) is 18.2 Å². The summed E-state index contributed by atoms with van der Waals surface area (Å²) in [6, 6.07) is 2.37. The number of nitro groups is 1. The number of rotatable bonds is 1. The van der Waals surface area contributed by atoms with E-state index in [9.17, 15) is 14.5 Å². The third-order valence-electron chi connectivity index (χ3n) is 2.68. The first kappa shape index (κ1) is 9.83. The molecule has 78 valence electrons. The molecular formula is C11H10FNO2. The zero-order chi connectivity index (χ0) is 11.2. The maximum Gasteiger partial charge on any atom is 0.277 e. The minimum atomic E-state index is -0.482. The van der Waals surface area contributed by atoms with Crippen LogP contribution in [0.4, 0.5) is 10.1 Å². The third kappa shape index (κ3) is 1.33. The van der Waals surface area contributed by atoms with Crippen molar-refractivity contribution in [1.29, 1.82) is 0 Å². The van der Waals surface area contributed by atoms with E-state index in [2.05, 4.69) is 0 Å². The van der Waals surface area contributed by atoms with Crippen LogP contribution >= 0.6 is 0 Å². The Bertz CT molecular complexity index is 478. The maximum atomic E-state index is 13.6. The molecule has 1 aromatic carbocycles. The molecule has 0 bridgehead atoms. The molecular weight excluding hydrogens is 197 g/mol. The first-order valence-corrected chi connectivity index (χ1v) is 4.60. The molecule has 0 atom stereocenters. The molecule has 1 aliphatic rings. The van der Waals surface area contributed by atoms with Crippen molar-refractivity contribution in [1.82, 2.24) is 0 Å². The van der Waals surface area contributed by atoms with Gasteiger partial charge in [0.25, 0.3) is 5.69 Å². The molecule has 0 aliphatic heterocycles. The second kappa shape index (κ2) is 2.89. The second-order valence-corrected chi connectivity index (χ2v) is 4.17. The van der Waals surface area contributed by atoms with E-state index in [1.165, 1.54) is 6.07 Å². The molecule has 3 nitrogen and oxygen atoms in total. The number of halogens is 1. The Morgan fingerprint density at radius 2 is 2.07 bits per heavy atom. The van der Waals surface area contributed by atoms with Crippen molar-refractivity contribution < 1.29 is 9.31 Å². The van der Waals surface area contributed by atoms with Crippen LogP contribution in [0.25, 0.3) is 6.08 Å². The maximum absolute atomic E-state index is 13.6. The summed E-state index contributed by atoms with van der Waals surface area (Å²) in [5.41, 5.74) is 0.306. The van der Waals surface area contributed by atoms with Gasteiger partial charge in [-0.1, -0.05) is 26.0 Å². The van der Waals surface area contributed by atoms with Crippen LogP contribution in [0.5, 0.6) is 0 Å². The molecule has 0 aromatic heterocycles. The zero-order valence-electron chi connectivity index (χ0n) is 8.45. The minimum absolute atomic E-state index is 0.0341. The minimum Gasteiger partial charge on any atom is -0.258 e. The SMILES string of the molecule is CC1(C)C=Cc2c([N+](=O)[O-])ccc(F)c21. The van der Waals surface area contributed by atoms with Gasteiger partial charge in [-0.2, -0.15) is 0 Å². The molecule has 0 saturated heterocycles. The van der Waals surface area contributed by atoms with Gasteiger partial charge in [-0.25, -0.2) is 4.39 Å². The van der Waals surface area contributed by atoms with E-state index in [0.717, 1.165) is 6.07 Å². The summed E-state index contributed by atoms with van der Waals surface area (Å²) < 4.78 is 13.6. The molecule has 4 heteroatoms. The first-order valence-electron chi connectivity index (χ1n) is 4.60. The quantitative estimate of drug-likeness (QED) is 0.524. The fourth-order valence-electron chi connectivity index (χ4n) is 1.94. The lowest BCUT2D eigenvalue weighted by Gasteiger charge is -2.18. The highest BCUT2D eigenvalue weighted by Gasteiger charge is 2.33. The molecule has 0 heterocycles. The molecule has 2 rings (SSSR count). The van der Waals surface area contributed by atoms with Gasteiger partial charge in [0.15, 0.2) is 0 Å². The fraction of sp³-hybridized carbons (Fsp3) is 0.273. The van der Waals surface area contributed by atoms with Crippen LogP contribution in [-0.2, 0) is 5.41 Å². The largest absolute Gasteiger partial charge is 0.277 e. The van der Waals surface area contributed by atoms with E-state index >= 15 is 0 Å². The zero-order valence-corrected chi connectivity index (χ0v) is 8.45. The summed E-state index contributed by atoms with van der Waals surface area (Å²) in [6.07, 6.45) is 3.41. The number of fused-ring (bicyclic) bond motifs is 1. The van der Waals surface area contributed by atoms with Crippen molar-refractivity contribution in [3.63, 3.8) is 0 Å². The van der Waals surface area contributed by atoms with Gasteiger partial charge in [0, 0.05) is 17.0 Å². The molecule has 0 saturated carbocycles. The number of hydrogen-bond acceptors (Lipinski definition) is 2. The van der Waals surface area contributed by atoms with E-state index < -0.39 is 10.3 Å².